The van der Waals surface area contributed by atoms with Gasteiger partial charge in [0.2, 0.25) is 10.0 Å². The van der Waals surface area contributed by atoms with Crippen LogP contribution in [-0.4, -0.2) is 57.5 Å². The summed E-state index contributed by atoms with van der Waals surface area (Å²) in [6.45, 7) is 5.03. The maximum Gasteiger partial charge on any atom is 0.245 e. The highest BCUT2D eigenvalue weighted by Gasteiger charge is 2.30. The summed E-state index contributed by atoms with van der Waals surface area (Å²) in [6, 6.07) is 13.5. The Hall–Kier alpha value is -2.24. The van der Waals surface area contributed by atoms with Crippen LogP contribution in [0.3, 0.4) is 0 Å². The lowest BCUT2D eigenvalue weighted by atomic mass is 10.2. The number of rotatable bonds is 5. The summed E-state index contributed by atoms with van der Waals surface area (Å²) in [5, 5.41) is 3.11. The van der Waals surface area contributed by atoms with Crippen molar-refractivity contribution in [1.82, 2.24) is 22.9 Å². The first kappa shape index (κ1) is 20.7. The van der Waals surface area contributed by atoms with Gasteiger partial charge in [-0.25, -0.2) is 13.4 Å². The van der Waals surface area contributed by atoms with Crippen molar-refractivity contribution in [3.63, 3.8) is 0 Å². The molecule has 160 valence electrons. The van der Waals surface area contributed by atoms with Gasteiger partial charge in [0.1, 0.15) is 20.9 Å². The minimum absolute atomic E-state index is 0.245. The van der Waals surface area contributed by atoms with Gasteiger partial charge in [0, 0.05) is 43.7 Å². The lowest BCUT2D eigenvalue weighted by Gasteiger charge is -2.33. The minimum atomic E-state index is -3.59. The molecule has 0 unspecified atom stereocenters. The molecular weight excluding hydrogens is 450 g/mol. The number of aromatic nitrogens is 3. The number of thiazole rings is 1. The van der Waals surface area contributed by atoms with Gasteiger partial charge in [0.25, 0.3) is 0 Å². The van der Waals surface area contributed by atoms with Crippen molar-refractivity contribution in [3.05, 3.63) is 59.1 Å². The molecule has 0 N–H and O–H groups in total. The maximum absolute atomic E-state index is 13.2. The van der Waals surface area contributed by atoms with Crippen LogP contribution in [0.4, 0.5) is 0 Å². The molecule has 0 bridgehead atoms. The molecular formula is C21H21N5O2S3. The summed E-state index contributed by atoms with van der Waals surface area (Å²) in [6.07, 6.45) is 0. The number of nitrogens with zero attached hydrogens (tertiary/aromatic N) is 5. The molecule has 3 heterocycles. The number of benzene rings is 2. The van der Waals surface area contributed by atoms with E-state index >= 15 is 0 Å². The zero-order chi connectivity index (χ0) is 21.4. The number of fused-ring (bicyclic) bond motifs is 1. The largest absolute Gasteiger partial charge is 0.295 e. The van der Waals surface area contributed by atoms with Gasteiger partial charge in [-0.15, -0.1) is 11.3 Å². The van der Waals surface area contributed by atoms with E-state index in [1.165, 1.54) is 5.56 Å². The summed E-state index contributed by atoms with van der Waals surface area (Å²) in [4.78, 5) is 7.28. The van der Waals surface area contributed by atoms with Crippen molar-refractivity contribution >= 4 is 44.1 Å². The topological polar surface area (TPSA) is 79.3 Å². The Morgan fingerprint density at radius 2 is 1.77 bits per heavy atom. The van der Waals surface area contributed by atoms with Gasteiger partial charge < -0.3 is 0 Å². The van der Waals surface area contributed by atoms with Crippen LogP contribution >= 0.6 is 23.1 Å². The Morgan fingerprint density at radius 3 is 2.55 bits per heavy atom. The highest BCUT2D eigenvalue weighted by Crippen LogP contribution is 2.27. The molecule has 10 heteroatoms. The molecule has 4 aromatic rings. The standard InChI is InChI=1S/C21H21N5O2S3/c1-15-5-7-16(8-6-15)21-22-17(14-29-21)13-25-9-11-26(12-10-25)31(27,28)19-4-2-3-18-20(19)24-30-23-18/h2-8,14H,9-13H2,1H3. The number of hydrogen-bond donors (Lipinski definition) is 0. The first-order chi connectivity index (χ1) is 15.0. The third-order valence-corrected chi connectivity index (χ3v) is 8.85. The molecule has 1 aliphatic rings. The monoisotopic (exact) mass is 471 g/mol. The van der Waals surface area contributed by atoms with E-state index in [1.807, 2.05) is 0 Å². The molecule has 1 saturated heterocycles. The molecule has 2 aromatic heterocycles. The zero-order valence-corrected chi connectivity index (χ0v) is 19.4. The fourth-order valence-electron chi connectivity index (χ4n) is 3.69. The third-order valence-electron chi connectivity index (χ3n) is 5.43. The van der Waals surface area contributed by atoms with E-state index in [4.69, 9.17) is 4.98 Å². The fraction of sp³-hybridized carbons (Fsp3) is 0.286. The van der Waals surface area contributed by atoms with Gasteiger partial charge >= 0.3 is 0 Å². The predicted octanol–water partition coefficient (Wildman–Crippen LogP) is 3.63. The van der Waals surface area contributed by atoms with Crippen LogP contribution in [0.5, 0.6) is 0 Å². The van der Waals surface area contributed by atoms with Gasteiger partial charge in [-0.1, -0.05) is 35.9 Å². The van der Waals surface area contributed by atoms with E-state index in [9.17, 15) is 8.42 Å². The molecule has 7 nitrogen and oxygen atoms in total. The van der Waals surface area contributed by atoms with Crippen molar-refractivity contribution < 1.29 is 8.42 Å². The van der Waals surface area contributed by atoms with Gasteiger partial charge in [0.05, 0.1) is 17.4 Å². The summed E-state index contributed by atoms with van der Waals surface area (Å²) in [7, 11) is -3.59. The van der Waals surface area contributed by atoms with Crippen molar-refractivity contribution in [1.29, 1.82) is 0 Å². The lowest BCUT2D eigenvalue weighted by molar-refractivity contribution is 0.180. The van der Waals surface area contributed by atoms with Gasteiger partial charge in [-0.05, 0) is 19.1 Å². The Balaban J connectivity index is 1.25. The Kier molecular flexibility index (Phi) is 5.57. The van der Waals surface area contributed by atoms with Crippen molar-refractivity contribution in [2.45, 2.75) is 18.4 Å². The van der Waals surface area contributed by atoms with Gasteiger partial charge in [0.15, 0.2) is 0 Å². The maximum atomic E-state index is 13.2. The molecule has 31 heavy (non-hydrogen) atoms. The first-order valence-corrected chi connectivity index (χ1v) is 13.0. The molecule has 1 aliphatic heterocycles. The van der Waals surface area contributed by atoms with Crippen LogP contribution in [0.15, 0.2) is 52.7 Å². The summed E-state index contributed by atoms with van der Waals surface area (Å²) in [5.74, 6) is 0. The summed E-state index contributed by atoms with van der Waals surface area (Å²) < 4.78 is 36.3. The molecule has 0 atom stereocenters. The van der Waals surface area contributed by atoms with Crippen LogP contribution in [0, 0.1) is 6.92 Å². The molecule has 0 spiro atoms. The Bertz CT molecular complexity index is 1310. The third kappa shape index (κ3) is 4.13. The first-order valence-electron chi connectivity index (χ1n) is 9.96. The molecule has 0 saturated carbocycles. The second kappa shape index (κ2) is 8.36. The second-order valence-electron chi connectivity index (χ2n) is 7.58. The molecule has 0 amide bonds. The van der Waals surface area contributed by atoms with Crippen molar-refractivity contribution in [2.75, 3.05) is 26.2 Å². The second-order valence-corrected chi connectivity index (χ2v) is 10.9. The van der Waals surface area contributed by atoms with Crippen LogP contribution in [0.1, 0.15) is 11.3 Å². The SMILES string of the molecule is Cc1ccc(-c2nc(CN3CCN(S(=O)(=O)c4cccc5nsnc45)CC3)cs2)cc1. The van der Waals surface area contributed by atoms with Crippen LogP contribution in [0.2, 0.25) is 0 Å². The fourth-order valence-corrected chi connectivity index (χ4v) is 6.69. The molecule has 2 aromatic carbocycles. The van der Waals surface area contributed by atoms with E-state index < -0.39 is 10.0 Å². The minimum Gasteiger partial charge on any atom is -0.295 e. The Morgan fingerprint density at radius 1 is 1.00 bits per heavy atom. The molecule has 0 aliphatic carbocycles. The van der Waals surface area contributed by atoms with Crippen LogP contribution < -0.4 is 0 Å². The van der Waals surface area contributed by atoms with E-state index in [2.05, 4.69) is 50.2 Å². The average molecular weight is 472 g/mol. The van der Waals surface area contributed by atoms with E-state index in [1.54, 1.807) is 33.8 Å². The van der Waals surface area contributed by atoms with E-state index in [-0.39, 0.29) is 4.90 Å². The number of aryl methyl sites for hydroxylation is 1. The van der Waals surface area contributed by atoms with Gasteiger partial charge in [-0.2, -0.15) is 13.1 Å². The van der Waals surface area contributed by atoms with Crippen molar-refractivity contribution in [2.24, 2.45) is 0 Å². The summed E-state index contributed by atoms with van der Waals surface area (Å²) in [5.41, 5.74) is 4.47. The predicted molar refractivity (Wildman–Crippen MR) is 124 cm³/mol. The normalized spacial score (nSPS) is 16.2. The highest BCUT2D eigenvalue weighted by atomic mass is 32.2. The van der Waals surface area contributed by atoms with Crippen molar-refractivity contribution in [3.8, 4) is 10.6 Å². The van der Waals surface area contributed by atoms with E-state index in [0.29, 0.717) is 37.2 Å². The smallest absolute Gasteiger partial charge is 0.245 e. The molecule has 1 fully saturated rings. The summed E-state index contributed by atoms with van der Waals surface area (Å²) >= 11 is 2.68. The lowest BCUT2D eigenvalue weighted by Crippen LogP contribution is -2.48. The van der Waals surface area contributed by atoms with Crippen LogP contribution in [-0.2, 0) is 16.6 Å². The van der Waals surface area contributed by atoms with Gasteiger partial charge in [-0.3, -0.25) is 4.90 Å². The number of sulfonamides is 1. The molecule has 5 rings (SSSR count). The molecule has 0 radical (unpaired) electrons. The van der Waals surface area contributed by atoms with Crippen LogP contribution in [0.25, 0.3) is 21.6 Å². The quantitative estimate of drug-likeness (QED) is 0.442. The Labute approximate surface area is 189 Å². The zero-order valence-electron chi connectivity index (χ0n) is 16.9. The number of piperazine rings is 1. The average Bonchev–Trinajstić information content (AvgIpc) is 3.44. The number of hydrogen-bond acceptors (Lipinski definition) is 8. The van der Waals surface area contributed by atoms with E-state index in [0.717, 1.165) is 34.5 Å². The highest BCUT2D eigenvalue weighted by molar-refractivity contribution is 7.89.